The predicted octanol–water partition coefficient (Wildman–Crippen LogP) is 3.35. The Kier molecular flexibility index (Phi) is 3.50. The van der Waals surface area contributed by atoms with E-state index in [2.05, 4.69) is 10.0 Å². The maximum absolute atomic E-state index is 14.1. The van der Waals surface area contributed by atoms with Crippen LogP contribution >= 0.6 is 0 Å². The minimum atomic E-state index is -1.45. The molecule has 1 aromatic rings. The molecule has 2 rings (SSSR count). The van der Waals surface area contributed by atoms with Crippen LogP contribution in [0.2, 0.25) is 0 Å². The first-order valence-corrected chi connectivity index (χ1v) is 5.94. The summed E-state index contributed by atoms with van der Waals surface area (Å²) in [5, 5.41) is 12.3. The molecular formula is C13H11FN4O. The second kappa shape index (κ2) is 5.09. The zero-order valence-electron chi connectivity index (χ0n) is 10.1. The number of hydrogen-bond donors (Lipinski definition) is 0. The van der Waals surface area contributed by atoms with Gasteiger partial charge in [0.05, 0.1) is 11.6 Å². The Bertz CT molecular complexity index is 616. The van der Waals surface area contributed by atoms with Crippen molar-refractivity contribution in [3.63, 3.8) is 0 Å². The summed E-state index contributed by atoms with van der Waals surface area (Å²) in [5.41, 5.74) is 7.46. The third-order valence-electron chi connectivity index (χ3n) is 3.41. The molecule has 1 aliphatic carbocycles. The predicted molar refractivity (Wildman–Crippen MR) is 65.4 cm³/mol. The third-order valence-corrected chi connectivity index (χ3v) is 3.41. The molecule has 1 aromatic carbocycles. The van der Waals surface area contributed by atoms with Crippen LogP contribution in [0.5, 0.6) is 0 Å². The summed E-state index contributed by atoms with van der Waals surface area (Å²) >= 11 is 0. The zero-order valence-corrected chi connectivity index (χ0v) is 10.1. The van der Waals surface area contributed by atoms with Crippen LogP contribution in [0.4, 0.5) is 4.39 Å². The van der Waals surface area contributed by atoms with Gasteiger partial charge in [0.15, 0.2) is 0 Å². The number of carbonyl (C=O) groups is 1. The molecule has 0 heterocycles. The molecule has 1 aliphatic rings. The zero-order chi connectivity index (χ0) is 13.9. The lowest BCUT2D eigenvalue weighted by atomic mass is 9.76. The highest BCUT2D eigenvalue weighted by atomic mass is 19.1. The average Bonchev–Trinajstić information content (AvgIpc) is 2.41. The Balaban J connectivity index is 2.60. The van der Waals surface area contributed by atoms with E-state index in [9.17, 15) is 9.18 Å². The van der Waals surface area contributed by atoms with Crippen LogP contribution in [0.3, 0.4) is 0 Å². The van der Waals surface area contributed by atoms with Gasteiger partial charge >= 0.3 is 0 Å². The Hall–Kier alpha value is -2.38. The van der Waals surface area contributed by atoms with Crippen LogP contribution in [0.1, 0.15) is 36.8 Å². The van der Waals surface area contributed by atoms with Crippen LogP contribution in [0.25, 0.3) is 10.4 Å². The lowest BCUT2D eigenvalue weighted by molar-refractivity contribution is -0.126. The van der Waals surface area contributed by atoms with E-state index in [0.29, 0.717) is 12.8 Å². The minimum Gasteiger partial charge on any atom is -0.299 e. The topological polar surface area (TPSA) is 89.6 Å². The summed E-state index contributed by atoms with van der Waals surface area (Å²) < 4.78 is 14.1. The van der Waals surface area contributed by atoms with E-state index in [1.165, 1.54) is 12.1 Å². The average molecular weight is 258 g/mol. The fourth-order valence-electron chi connectivity index (χ4n) is 2.45. The largest absolute Gasteiger partial charge is 0.299 e. The lowest BCUT2D eigenvalue weighted by Gasteiger charge is -2.31. The maximum atomic E-state index is 14.1. The lowest BCUT2D eigenvalue weighted by Crippen LogP contribution is -2.37. The molecule has 0 aromatic heterocycles. The van der Waals surface area contributed by atoms with Gasteiger partial charge in [0, 0.05) is 16.9 Å². The summed E-state index contributed by atoms with van der Waals surface area (Å²) in [6.07, 6.45) is 2.00. The van der Waals surface area contributed by atoms with Crippen LogP contribution in [-0.2, 0) is 10.3 Å². The quantitative estimate of drug-likeness (QED) is 0.462. The number of benzene rings is 1. The molecular weight excluding hydrogens is 247 g/mol. The molecule has 1 unspecified atom stereocenters. The summed E-state index contributed by atoms with van der Waals surface area (Å²) in [6.45, 7) is 0. The number of Topliss-reactive ketones (excluding diaryl/α,β-unsaturated/α-hetero) is 1. The van der Waals surface area contributed by atoms with Crippen molar-refractivity contribution in [3.8, 4) is 6.07 Å². The Labute approximate surface area is 109 Å². The molecule has 96 valence electrons. The molecule has 6 heteroatoms. The van der Waals surface area contributed by atoms with E-state index in [-0.39, 0.29) is 23.3 Å². The van der Waals surface area contributed by atoms with Gasteiger partial charge in [-0.15, -0.1) is 0 Å². The van der Waals surface area contributed by atoms with Gasteiger partial charge in [0.2, 0.25) is 0 Å². The first-order valence-electron chi connectivity index (χ1n) is 5.94. The van der Waals surface area contributed by atoms with Gasteiger partial charge in [-0.1, -0.05) is 17.6 Å². The van der Waals surface area contributed by atoms with Gasteiger partial charge < -0.3 is 0 Å². The van der Waals surface area contributed by atoms with Crippen LogP contribution in [0, 0.1) is 17.1 Å². The van der Waals surface area contributed by atoms with Gasteiger partial charge in [-0.25, -0.2) is 4.39 Å². The van der Waals surface area contributed by atoms with Gasteiger partial charge in [0.25, 0.3) is 0 Å². The van der Waals surface area contributed by atoms with Crippen molar-refractivity contribution < 1.29 is 9.18 Å². The number of rotatable bonds is 2. The molecule has 1 saturated carbocycles. The van der Waals surface area contributed by atoms with Crippen LogP contribution in [0.15, 0.2) is 23.3 Å². The molecule has 5 nitrogen and oxygen atoms in total. The van der Waals surface area contributed by atoms with E-state index in [0.717, 1.165) is 12.5 Å². The SMILES string of the molecule is N#Cc1ccc(C2(N=[N+]=[N-])CCCCC2=O)c(F)c1. The van der Waals surface area contributed by atoms with E-state index in [4.69, 9.17) is 10.8 Å². The fourth-order valence-corrected chi connectivity index (χ4v) is 2.45. The number of azide groups is 1. The van der Waals surface area contributed by atoms with E-state index in [1.54, 1.807) is 0 Å². The fraction of sp³-hybridized carbons (Fsp3) is 0.385. The molecule has 0 amide bonds. The first-order chi connectivity index (χ1) is 9.14. The maximum Gasteiger partial charge on any atom is 0.149 e. The molecule has 0 bridgehead atoms. The van der Waals surface area contributed by atoms with Crippen molar-refractivity contribution in [3.05, 3.63) is 45.6 Å². The summed E-state index contributed by atoms with van der Waals surface area (Å²) in [5.74, 6) is -0.943. The molecule has 0 aliphatic heterocycles. The number of carbonyl (C=O) groups excluding carboxylic acids is 1. The van der Waals surface area contributed by atoms with Crippen molar-refractivity contribution >= 4 is 5.78 Å². The number of ketones is 1. The second-order valence-electron chi connectivity index (χ2n) is 4.49. The molecule has 1 fully saturated rings. The highest BCUT2D eigenvalue weighted by Crippen LogP contribution is 2.39. The Morgan fingerprint density at radius 1 is 1.47 bits per heavy atom. The van der Waals surface area contributed by atoms with E-state index < -0.39 is 11.4 Å². The van der Waals surface area contributed by atoms with E-state index >= 15 is 0 Å². The van der Waals surface area contributed by atoms with Crippen molar-refractivity contribution in [1.82, 2.24) is 0 Å². The highest BCUT2D eigenvalue weighted by molar-refractivity contribution is 5.90. The first kappa shape index (κ1) is 13.1. The number of nitrogens with zero attached hydrogens (tertiary/aromatic N) is 4. The monoisotopic (exact) mass is 258 g/mol. The summed E-state index contributed by atoms with van der Waals surface area (Å²) in [6, 6.07) is 5.68. The van der Waals surface area contributed by atoms with Crippen molar-refractivity contribution in [2.75, 3.05) is 0 Å². The number of hydrogen-bond acceptors (Lipinski definition) is 3. The van der Waals surface area contributed by atoms with Gasteiger partial charge in [-0.2, -0.15) is 5.26 Å². The molecule has 19 heavy (non-hydrogen) atoms. The smallest absolute Gasteiger partial charge is 0.149 e. The minimum absolute atomic E-state index is 0.0639. The van der Waals surface area contributed by atoms with Crippen LogP contribution in [-0.4, -0.2) is 5.78 Å². The van der Waals surface area contributed by atoms with Gasteiger partial charge in [0.1, 0.15) is 17.1 Å². The highest BCUT2D eigenvalue weighted by Gasteiger charge is 2.42. The van der Waals surface area contributed by atoms with Gasteiger partial charge in [-0.05, 0) is 30.5 Å². The van der Waals surface area contributed by atoms with Crippen molar-refractivity contribution in [2.45, 2.75) is 31.2 Å². The molecule has 0 radical (unpaired) electrons. The van der Waals surface area contributed by atoms with Crippen molar-refractivity contribution in [2.24, 2.45) is 5.11 Å². The normalized spacial score (nSPS) is 22.4. The van der Waals surface area contributed by atoms with Gasteiger partial charge in [-0.3, -0.25) is 4.79 Å². The molecule has 0 saturated heterocycles. The molecule has 0 spiro atoms. The van der Waals surface area contributed by atoms with Crippen molar-refractivity contribution in [1.29, 1.82) is 5.26 Å². The third kappa shape index (κ3) is 2.16. The Morgan fingerprint density at radius 3 is 2.84 bits per heavy atom. The standard InChI is InChI=1S/C13H11FN4O/c14-11-7-9(8-15)4-5-10(11)13(17-18-16)6-2-1-3-12(13)19/h4-5,7H,1-3,6H2. The molecule has 0 N–H and O–H groups in total. The number of nitriles is 1. The summed E-state index contributed by atoms with van der Waals surface area (Å²) in [7, 11) is 0. The Morgan fingerprint density at radius 2 is 2.26 bits per heavy atom. The summed E-state index contributed by atoms with van der Waals surface area (Å²) in [4.78, 5) is 14.8. The molecule has 1 atom stereocenters. The van der Waals surface area contributed by atoms with E-state index in [1.807, 2.05) is 6.07 Å². The second-order valence-corrected chi connectivity index (χ2v) is 4.49. The van der Waals surface area contributed by atoms with Crippen LogP contribution < -0.4 is 0 Å². The number of halogens is 1.